The number of hydrogen-bond donors (Lipinski definition) is 0. The van der Waals surface area contributed by atoms with Crippen molar-refractivity contribution in [1.82, 2.24) is 4.90 Å². The van der Waals surface area contributed by atoms with E-state index in [1.165, 1.54) is 6.92 Å². The van der Waals surface area contributed by atoms with Gasteiger partial charge in [0.05, 0.1) is 19.8 Å². The predicted molar refractivity (Wildman–Crippen MR) is 93.7 cm³/mol. The summed E-state index contributed by atoms with van der Waals surface area (Å²) < 4.78 is 10.00. The van der Waals surface area contributed by atoms with Gasteiger partial charge in [-0.2, -0.15) is 0 Å². The highest BCUT2D eigenvalue weighted by molar-refractivity contribution is 6.57. The first-order chi connectivity index (χ1) is 11.4. The Hall–Kier alpha value is -1.07. The quantitative estimate of drug-likeness (QED) is 0.752. The van der Waals surface area contributed by atoms with Gasteiger partial charge in [-0.3, -0.25) is 4.79 Å². The molecule has 0 saturated carbocycles. The van der Waals surface area contributed by atoms with E-state index in [-0.39, 0.29) is 5.91 Å². The number of carbonyl (C=O) groups is 1. The van der Waals surface area contributed by atoms with Crippen LogP contribution in [0.3, 0.4) is 0 Å². The van der Waals surface area contributed by atoms with Gasteiger partial charge in [0.2, 0.25) is 0 Å². The van der Waals surface area contributed by atoms with Gasteiger partial charge in [-0.1, -0.05) is 59.6 Å². The summed E-state index contributed by atoms with van der Waals surface area (Å²) >= 11 is 12.2. The minimum absolute atomic E-state index is 0.315. The van der Waals surface area contributed by atoms with Crippen molar-refractivity contribution in [3.8, 4) is 0 Å². The Kier molecular flexibility index (Phi) is 5.21. The largest absolute Gasteiger partial charge is 0.347 e. The molecule has 0 atom stereocenters. The van der Waals surface area contributed by atoms with Crippen molar-refractivity contribution in [2.45, 2.75) is 42.9 Å². The van der Waals surface area contributed by atoms with E-state index < -0.39 is 10.1 Å². The fourth-order valence-corrected chi connectivity index (χ4v) is 3.31. The van der Waals surface area contributed by atoms with Gasteiger partial charge in [0.25, 0.3) is 5.91 Å². The molecule has 130 valence electrons. The molecule has 4 nitrogen and oxygen atoms in total. The first kappa shape index (κ1) is 17.7. The van der Waals surface area contributed by atoms with E-state index in [4.69, 9.17) is 32.7 Å². The van der Waals surface area contributed by atoms with Crippen molar-refractivity contribution >= 4 is 29.1 Å². The summed E-state index contributed by atoms with van der Waals surface area (Å²) in [5.74, 6) is -0.832. The molecule has 24 heavy (non-hydrogen) atoms. The van der Waals surface area contributed by atoms with Crippen LogP contribution in [0.2, 0.25) is 0 Å². The zero-order valence-electron chi connectivity index (χ0n) is 13.6. The lowest BCUT2D eigenvalue weighted by molar-refractivity contribution is -0.163. The Labute approximate surface area is 152 Å². The summed E-state index contributed by atoms with van der Waals surface area (Å²) in [6.45, 7) is 3.19. The number of rotatable bonds is 4. The fraction of sp³-hybridized carbons (Fsp3) is 0.500. The van der Waals surface area contributed by atoms with Crippen molar-refractivity contribution in [1.29, 1.82) is 0 Å². The van der Waals surface area contributed by atoms with Crippen LogP contribution < -0.4 is 0 Å². The average Bonchev–Trinajstić information content (AvgIpc) is 3.01. The highest BCUT2D eigenvalue weighted by Crippen LogP contribution is 2.37. The molecule has 0 bridgehead atoms. The molecule has 1 aliphatic carbocycles. The maximum Gasteiger partial charge on any atom is 0.263 e. The number of alkyl halides is 2. The maximum absolute atomic E-state index is 12.7. The van der Waals surface area contributed by atoms with E-state index in [1.54, 1.807) is 4.90 Å². The van der Waals surface area contributed by atoms with Gasteiger partial charge in [0.1, 0.15) is 0 Å². The van der Waals surface area contributed by atoms with Gasteiger partial charge < -0.3 is 14.4 Å². The van der Waals surface area contributed by atoms with Crippen LogP contribution >= 0.6 is 23.2 Å². The molecule has 1 amide bonds. The van der Waals surface area contributed by atoms with Crippen molar-refractivity contribution in [2.24, 2.45) is 0 Å². The minimum Gasteiger partial charge on any atom is -0.347 e. The van der Waals surface area contributed by atoms with Crippen LogP contribution in [0.1, 0.15) is 31.7 Å². The van der Waals surface area contributed by atoms with Crippen molar-refractivity contribution < 1.29 is 14.3 Å². The third-order valence-electron chi connectivity index (χ3n) is 4.38. The van der Waals surface area contributed by atoms with Crippen LogP contribution in [0.25, 0.3) is 0 Å². The zero-order valence-corrected chi connectivity index (χ0v) is 15.1. The Bertz CT molecular complexity index is 619. The summed E-state index contributed by atoms with van der Waals surface area (Å²) in [6, 6.07) is 9.80. The molecule has 1 saturated heterocycles. The lowest BCUT2D eigenvalue weighted by atomic mass is 9.96. The van der Waals surface area contributed by atoms with Crippen LogP contribution in [-0.2, 0) is 20.8 Å². The number of allylic oxidation sites excluding steroid dienone is 1. The predicted octanol–water partition coefficient (Wildman–Crippen LogP) is 4.02. The molecular formula is C18H21Cl2NO3. The Morgan fingerprint density at radius 2 is 1.92 bits per heavy atom. The van der Waals surface area contributed by atoms with E-state index in [2.05, 4.69) is 0 Å². The summed E-state index contributed by atoms with van der Waals surface area (Å²) in [4.78, 5) is 14.4. The van der Waals surface area contributed by atoms with Crippen LogP contribution in [-0.4, -0.2) is 34.1 Å². The highest BCUT2D eigenvalue weighted by atomic mass is 35.5. The first-order valence-corrected chi connectivity index (χ1v) is 8.86. The van der Waals surface area contributed by atoms with Crippen LogP contribution in [0.15, 0.2) is 42.1 Å². The molecule has 0 N–H and O–H groups in total. The molecule has 0 radical (unpaired) electrons. The van der Waals surface area contributed by atoms with Gasteiger partial charge >= 0.3 is 0 Å². The highest BCUT2D eigenvalue weighted by Gasteiger charge is 2.40. The Balaban J connectivity index is 1.82. The third-order valence-corrected chi connectivity index (χ3v) is 4.70. The molecular weight excluding hydrogens is 349 g/mol. The molecule has 1 aliphatic heterocycles. The summed E-state index contributed by atoms with van der Waals surface area (Å²) in [5, 5.41) is 0. The lowest BCUT2D eigenvalue weighted by Crippen LogP contribution is -2.42. The number of carbonyl (C=O) groups excluding carboxylic acids is 1. The average molecular weight is 370 g/mol. The van der Waals surface area contributed by atoms with Gasteiger partial charge in [0, 0.05) is 18.5 Å². The normalized spacial score (nSPS) is 20.0. The topological polar surface area (TPSA) is 38.8 Å². The Morgan fingerprint density at radius 3 is 2.46 bits per heavy atom. The van der Waals surface area contributed by atoms with E-state index >= 15 is 0 Å². The smallest absolute Gasteiger partial charge is 0.263 e. The van der Waals surface area contributed by atoms with Crippen LogP contribution in [0.5, 0.6) is 0 Å². The first-order valence-electron chi connectivity index (χ1n) is 8.10. The van der Waals surface area contributed by atoms with E-state index in [0.717, 1.165) is 17.7 Å². The monoisotopic (exact) mass is 369 g/mol. The van der Waals surface area contributed by atoms with Gasteiger partial charge in [-0.15, -0.1) is 0 Å². The molecule has 1 heterocycles. The second-order valence-corrected chi connectivity index (χ2v) is 7.98. The van der Waals surface area contributed by atoms with Crippen molar-refractivity contribution in [3.63, 3.8) is 0 Å². The summed E-state index contributed by atoms with van der Waals surface area (Å²) in [7, 11) is 0. The zero-order chi connectivity index (χ0) is 17.2. The second kappa shape index (κ2) is 7.04. The van der Waals surface area contributed by atoms with E-state index in [0.29, 0.717) is 32.6 Å². The molecule has 6 heteroatoms. The van der Waals surface area contributed by atoms with Crippen LogP contribution in [0, 0.1) is 0 Å². The maximum atomic E-state index is 12.7. The van der Waals surface area contributed by atoms with Gasteiger partial charge in [-0.25, -0.2) is 0 Å². The van der Waals surface area contributed by atoms with Gasteiger partial charge in [0.15, 0.2) is 10.1 Å². The summed E-state index contributed by atoms with van der Waals surface area (Å²) in [6.07, 6.45) is 4.04. The number of ether oxygens (including phenoxy) is 2. The standard InChI is InChI=1S/C18H21Cl2NO3/c1-17(19,20)16(22)21(13-14-5-3-2-4-6-14)15-7-9-18(10-8-15)23-11-12-24-18/h2-7H,8-13H2,1H3. The lowest BCUT2D eigenvalue weighted by Gasteiger charge is -2.36. The molecule has 0 unspecified atom stereocenters. The second-order valence-electron chi connectivity index (χ2n) is 6.27. The van der Waals surface area contributed by atoms with E-state index in [1.807, 2.05) is 36.4 Å². The van der Waals surface area contributed by atoms with Crippen molar-refractivity contribution in [3.05, 3.63) is 47.7 Å². The molecule has 3 rings (SSSR count). The molecule has 1 fully saturated rings. The minimum atomic E-state index is -1.47. The number of nitrogens with zero attached hydrogens (tertiary/aromatic N) is 1. The van der Waals surface area contributed by atoms with Crippen LogP contribution in [0.4, 0.5) is 0 Å². The third kappa shape index (κ3) is 3.94. The fourth-order valence-electron chi connectivity index (χ4n) is 3.11. The molecule has 0 aromatic heterocycles. The molecule has 1 aromatic carbocycles. The summed E-state index contributed by atoms with van der Waals surface area (Å²) in [5.41, 5.74) is 1.94. The Morgan fingerprint density at radius 1 is 1.25 bits per heavy atom. The van der Waals surface area contributed by atoms with Gasteiger partial charge in [-0.05, 0) is 18.9 Å². The number of amides is 1. The number of halogens is 2. The SMILES string of the molecule is CC(Cl)(Cl)C(=O)N(Cc1ccccc1)C1=CCC2(CC1)OCCO2. The van der Waals surface area contributed by atoms with E-state index in [9.17, 15) is 4.79 Å². The molecule has 2 aliphatic rings. The number of hydrogen-bond acceptors (Lipinski definition) is 3. The molecule has 1 spiro atoms. The van der Waals surface area contributed by atoms with Crippen molar-refractivity contribution in [2.75, 3.05) is 13.2 Å². The molecule has 1 aromatic rings. The number of benzene rings is 1.